The molecular weight excluding hydrogens is 692 g/mol. The van der Waals surface area contributed by atoms with E-state index < -0.39 is 69.0 Å². The summed E-state index contributed by atoms with van der Waals surface area (Å²) in [5.74, 6) is -7.44. The molecule has 0 radical (unpaired) electrons. The Labute approximate surface area is 280 Å². The van der Waals surface area contributed by atoms with Crippen LogP contribution in [-0.4, -0.2) is 45.7 Å². The number of hydrogen-bond acceptors (Lipinski definition) is 10. The van der Waals surface area contributed by atoms with E-state index in [1.54, 1.807) is 12.1 Å². The van der Waals surface area contributed by atoms with Gasteiger partial charge in [-0.3, -0.25) is 39.4 Å². The second-order valence-corrected chi connectivity index (χ2v) is 13.0. The quantitative estimate of drug-likeness (QED) is 0.157. The van der Waals surface area contributed by atoms with E-state index in [-0.39, 0.29) is 51.6 Å². The number of fused-ring (bicyclic) bond motifs is 4. The molecule has 2 saturated heterocycles. The van der Waals surface area contributed by atoms with Crippen LogP contribution < -0.4 is 14.5 Å². The van der Waals surface area contributed by atoms with Crippen molar-refractivity contribution in [2.75, 3.05) is 16.9 Å². The smallest absolute Gasteiger partial charge is 0.271 e. The maximum absolute atomic E-state index is 14.3. The van der Waals surface area contributed by atoms with E-state index in [0.29, 0.717) is 11.1 Å². The summed E-state index contributed by atoms with van der Waals surface area (Å²) < 4.78 is 5.65. The number of halogens is 1. The van der Waals surface area contributed by atoms with Gasteiger partial charge in [0.05, 0.1) is 56.5 Å². The van der Waals surface area contributed by atoms with Crippen LogP contribution in [0.25, 0.3) is 0 Å². The van der Waals surface area contributed by atoms with Crippen molar-refractivity contribution in [1.29, 1.82) is 0 Å². The van der Waals surface area contributed by atoms with Crippen molar-refractivity contribution in [3.63, 3.8) is 0 Å². The number of nitro groups is 2. The molecule has 0 aromatic heterocycles. The number of ether oxygens (including phenoxy) is 1. The number of nitrogens with zero attached hydrogens (tertiary/aromatic N) is 4. The van der Waals surface area contributed by atoms with E-state index in [1.165, 1.54) is 43.5 Å². The van der Waals surface area contributed by atoms with Crippen molar-refractivity contribution < 1.29 is 38.9 Å². The van der Waals surface area contributed by atoms with E-state index in [1.807, 2.05) is 6.08 Å². The lowest BCUT2D eigenvalue weighted by molar-refractivity contribution is -0.385. The molecule has 2 aliphatic heterocycles. The van der Waals surface area contributed by atoms with Gasteiger partial charge in [-0.2, -0.15) is 0 Å². The molecule has 1 N–H and O–H groups in total. The predicted octanol–water partition coefficient (Wildman–Crippen LogP) is 5.02. The number of nitro benzene ring substituents is 2. The Morgan fingerprint density at radius 1 is 0.792 bits per heavy atom. The van der Waals surface area contributed by atoms with E-state index in [9.17, 15) is 44.5 Å². The molecule has 3 aromatic rings. The second-order valence-electron chi connectivity index (χ2n) is 12.2. The van der Waals surface area contributed by atoms with E-state index in [4.69, 9.17) is 4.74 Å². The monoisotopic (exact) mass is 716 g/mol. The predicted molar refractivity (Wildman–Crippen MR) is 171 cm³/mol. The highest BCUT2D eigenvalue weighted by atomic mass is 79.9. The number of carbonyl (C=O) groups is 4. The maximum atomic E-state index is 14.3. The molecule has 15 heteroatoms. The average molecular weight is 717 g/mol. The molecule has 244 valence electrons. The van der Waals surface area contributed by atoms with Crippen molar-refractivity contribution in [1.82, 2.24) is 0 Å². The SMILES string of the molecule is COc1cc([C@H]2C3=CC[C@@H]4C(=O)N(c5cccc([N+](=O)[O-])c5)C(=O)[C@@H]4[C@@H]3C[C@H]3C(=O)N(c4cccc([N+](=O)[O-])c4)C(=O)[C@@H]23)cc(Br)c1O. The van der Waals surface area contributed by atoms with Gasteiger partial charge in [-0.25, -0.2) is 9.80 Å². The van der Waals surface area contributed by atoms with Gasteiger partial charge in [0.15, 0.2) is 11.5 Å². The second kappa shape index (κ2) is 11.4. The van der Waals surface area contributed by atoms with Crippen LogP contribution in [0.3, 0.4) is 0 Å². The number of anilines is 2. The van der Waals surface area contributed by atoms with Gasteiger partial charge in [0.25, 0.3) is 11.4 Å². The Balaban J connectivity index is 1.35. The number of carbonyl (C=O) groups excluding carboxylic acids is 4. The van der Waals surface area contributed by atoms with Gasteiger partial charge in [-0.05, 0) is 64.5 Å². The van der Waals surface area contributed by atoms with Gasteiger partial charge in [-0.1, -0.05) is 23.8 Å². The minimum atomic E-state index is -0.975. The molecule has 1 saturated carbocycles. The highest BCUT2D eigenvalue weighted by Crippen LogP contribution is 2.59. The number of phenolic OH excluding ortho intramolecular Hbond substituents is 1. The first-order chi connectivity index (χ1) is 22.9. The number of aromatic hydroxyl groups is 1. The van der Waals surface area contributed by atoms with Crippen LogP contribution in [0.2, 0.25) is 0 Å². The summed E-state index contributed by atoms with van der Waals surface area (Å²) in [7, 11) is 1.36. The van der Waals surface area contributed by atoms with Crippen LogP contribution in [-0.2, 0) is 19.2 Å². The van der Waals surface area contributed by atoms with Crippen LogP contribution in [0.5, 0.6) is 11.5 Å². The number of benzene rings is 3. The number of phenols is 1. The number of imide groups is 2. The summed E-state index contributed by atoms with van der Waals surface area (Å²) in [6.07, 6.45) is 2.02. The molecule has 3 aromatic carbocycles. The first-order valence-electron chi connectivity index (χ1n) is 14.9. The Bertz CT molecular complexity index is 2010. The summed E-state index contributed by atoms with van der Waals surface area (Å²) in [5, 5.41) is 33.6. The molecular formula is C33H25BrN4O10. The highest BCUT2D eigenvalue weighted by Gasteiger charge is 2.62. The largest absolute Gasteiger partial charge is 0.503 e. The van der Waals surface area contributed by atoms with Gasteiger partial charge in [-0.15, -0.1) is 0 Å². The zero-order valence-corrected chi connectivity index (χ0v) is 26.6. The molecule has 4 amide bonds. The third-order valence-corrected chi connectivity index (χ3v) is 10.5. The summed E-state index contributed by atoms with van der Waals surface area (Å²) >= 11 is 3.35. The fourth-order valence-corrected chi connectivity index (χ4v) is 8.35. The topological polar surface area (TPSA) is 190 Å². The Morgan fingerprint density at radius 2 is 1.35 bits per heavy atom. The first-order valence-corrected chi connectivity index (χ1v) is 15.7. The van der Waals surface area contributed by atoms with Crippen LogP contribution >= 0.6 is 15.9 Å². The van der Waals surface area contributed by atoms with E-state index in [0.717, 1.165) is 21.9 Å². The molecule has 7 rings (SSSR count). The number of methoxy groups -OCH3 is 1. The fourth-order valence-electron chi connectivity index (χ4n) is 7.89. The molecule has 0 spiro atoms. The van der Waals surface area contributed by atoms with Gasteiger partial charge in [0, 0.05) is 30.2 Å². The number of hydrogen-bond donors (Lipinski definition) is 1. The van der Waals surface area contributed by atoms with Crippen molar-refractivity contribution in [2.24, 2.45) is 29.6 Å². The molecule has 2 aliphatic carbocycles. The highest BCUT2D eigenvalue weighted by molar-refractivity contribution is 9.10. The van der Waals surface area contributed by atoms with E-state index >= 15 is 0 Å². The van der Waals surface area contributed by atoms with Crippen LogP contribution in [0.15, 0.2) is 76.8 Å². The van der Waals surface area contributed by atoms with Crippen LogP contribution in [0.1, 0.15) is 24.3 Å². The minimum Gasteiger partial charge on any atom is -0.503 e. The molecule has 2 heterocycles. The van der Waals surface area contributed by atoms with Crippen LogP contribution in [0, 0.1) is 49.8 Å². The zero-order valence-electron chi connectivity index (χ0n) is 25.0. The number of allylic oxidation sites excluding steroid dienone is 2. The van der Waals surface area contributed by atoms with Gasteiger partial charge in [0.1, 0.15) is 0 Å². The molecule has 0 bridgehead atoms. The molecule has 0 unspecified atom stereocenters. The van der Waals surface area contributed by atoms with Gasteiger partial charge < -0.3 is 9.84 Å². The fraction of sp³-hybridized carbons (Fsp3) is 0.273. The molecule has 4 aliphatic rings. The van der Waals surface area contributed by atoms with Gasteiger partial charge >= 0.3 is 0 Å². The Morgan fingerprint density at radius 3 is 1.92 bits per heavy atom. The lowest BCUT2D eigenvalue weighted by Gasteiger charge is -2.44. The molecule has 48 heavy (non-hydrogen) atoms. The zero-order chi connectivity index (χ0) is 34.2. The Kier molecular flexibility index (Phi) is 7.38. The van der Waals surface area contributed by atoms with Crippen molar-refractivity contribution in [3.8, 4) is 11.5 Å². The maximum Gasteiger partial charge on any atom is 0.271 e. The van der Waals surface area contributed by atoms with E-state index in [2.05, 4.69) is 15.9 Å². The first kappa shape index (κ1) is 31.2. The van der Waals surface area contributed by atoms with Crippen molar-refractivity contribution >= 4 is 62.3 Å². The van der Waals surface area contributed by atoms with Gasteiger partial charge in [0.2, 0.25) is 23.6 Å². The molecule has 6 atom stereocenters. The number of non-ortho nitro benzene ring substituents is 2. The Hall–Kier alpha value is -5.44. The summed E-state index contributed by atoms with van der Waals surface area (Å²) in [6.45, 7) is 0. The minimum absolute atomic E-state index is 0.0376. The molecule has 3 fully saturated rings. The van der Waals surface area contributed by atoms with Crippen molar-refractivity contribution in [2.45, 2.75) is 18.8 Å². The summed E-state index contributed by atoms with van der Waals surface area (Å²) in [5.41, 5.74) is 0.691. The number of amides is 4. The lowest BCUT2D eigenvalue weighted by Crippen LogP contribution is -2.43. The van der Waals surface area contributed by atoms with Crippen LogP contribution in [0.4, 0.5) is 22.7 Å². The van der Waals surface area contributed by atoms with Crippen molar-refractivity contribution in [3.05, 3.63) is 103 Å². The normalized spacial score (nSPS) is 26.2. The molecule has 14 nitrogen and oxygen atoms in total. The third kappa shape index (κ3) is 4.59. The third-order valence-electron chi connectivity index (χ3n) is 9.88. The summed E-state index contributed by atoms with van der Waals surface area (Å²) in [6, 6.07) is 13.7. The standard InChI is InChI=1S/C33H25BrN4O10/c1-48-25-11-15(10-24(34)29(25)39)26-20-8-9-21-27(32(42)35(30(21)40)16-4-2-6-18(12-16)37(44)45)22(20)14-23-28(26)33(43)36(31(23)41)17-5-3-7-19(13-17)38(46)47/h2-8,10-13,21-23,26-28,39H,9,14H2,1H3/t21-,22+,23+,26-,27-,28+/m0/s1. The summed E-state index contributed by atoms with van der Waals surface area (Å²) in [4.78, 5) is 80.1. The number of rotatable bonds is 6. The lowest BCUT2D eigenvalue weighted by atomic mass is 9.57. The average Bonchev–Trinajstić information content (AvgIpc) is 3.48.